The van der Waals surface area contributed by atoms with Gasteiger partial charge in [-0.25, -0.2) is 4.98 Å². The van der Waals surface area contributed by atoms with Gasteiger partial charge in [-0.2, -0.15) is 0 Å². The summed E-state index contributed by atoms with van der Waals surface area (Å²) in [5.41, 5.74) is 0.828. The highest BCUT2D eigenvalue weighted by molar-refractivity contribution is 6.33. The Morgan fingerprint density at radius 3 is 2.47 bits per heavy atom. The highest BCUT2D eigenvalue weighted by Crippen LogP contribution is 2.24. The van der Waals surface area contributed by atoms with Crippen molar-refractivity contribution < 1.29 is 0 Å². The number of benzene rings is 1. The Labute approximate surface area is 97.9 Å². The first-order valence-electron chi connectivity index (χ1n) is 4.39. The number of hydrogen-bond acceptors (Lipinski definition) is 2. The van der Waals surface area contributed by atoms with E-state index >= 15 is 0 Å². The third-order valence-electron chi connectivity index (χ3n) is 1.86. The van der Waals surface area contributed by atoms with Crippen LogP contribution in [0.2, 0.25) is 10.0 Å². The first kappa shape index (κ1) is 10.3. The highest BCUT2D eigenvalue weighted by Gasteiger charge is 1.99. The fourth-order valence-corrected chi connectivity index (χ4v) is 1.45. The second-order valence-corrected chi connectivity index (χ2v) is 3.81. The number of nitrogens with one attached hydrogen (secondary N) is 1. The zero-order valence-electron chi connectivity index (χ0n) is 7.74. The maximum absolute atomic E-state index is 5.99. The molecule has 0 amide bonds. The van der Waals surface area contributed by atoms with Gasteiger partial charge in [0.1, 0.15) is 5.82 Å². The van der Waals surface area contributed by atoms with Gasteiger partial charge in [-0.15, -0.1) is 0 Å². The molecule has 0 atom stereocenters. The normalized spacial score (nSPS) is 10.0. The van der Waals surface area contributed by atoms with Crippen molar-refractivity contribution in [3.63, 3.8) is 0 Å². The minimum Gasteiger partial charge on any atom is -0.339 e. The maximum Gasteiger partial charge on any atom is 0.130 e. The topological polar surface area (TPSA) is 24.9 Å². The second kappa shape index (κ2) is 4.51. The molecule has 2 rings (SSSR count). The first-order valence-corrected chi connectivity index (χ1v) is 5.14. The van der Waals surface area contributed by atoms with Crippen molar-refractivity contribution in [2.45, 2.75) is 0 Å². The van der Waals surface area contributed by atoms with E-state index in [-0.39, 0.29) is 0 Å². The molecule has 0 aliphatic heterocycles. The molecule has 0 saturated carbocycles. The Bertz CT molecular complexity index is 454. The largest absolute Gasteiger partial charge is 0.339 e. The lowest BCUT2D eigenvalue weighted by Crippen LogP contribution is -1.93. The molecule has 2 nitrogen and oxygen atoms in total. The van der Waals surface area contributed by atoms with E-state index < -0.39 is 0 Å². The fraction of sp³-hybridized carbons (Fsp3) is 0. The molecule has 1 N–H and O–H groups in total. The van der Waals surface area contributed by atoms with Crippen LogP contribution in [0.15, 0.2) is 42.6 Å². The Morgan fingerprint density at radius 1 is 1.00 bits per heavy atom. The Kier molecular flexibility index (Phi) is 3.09. The van der Waals surface area contributed by atoms with Crippen molar-refractivity contribution in [3.8, 4) is 0 Å². The number of para-hydroxylation sites is 1. The number of nitrogens with zero attached hydrogens (tertiary/aromatic N) is 1. The zero-order chi connectivity index (χ0) is 10.7. The van der Waals surface area contributed by atoms with Gasteiger partial charge in [0.25, 0.3) is 0 Å². The average Bonchev–Trinajstić information content (AvgIpc) is 2.25. The number of rotatable bonds is 2. The molecular weight excluding hydrogens is 231 g/mol. The number of pyridine rings is 1. The third kappa shape index (κ3) is 2.61. The molecule has 1 aromatic heterocycles. The molecule has 1 aromatic carbocycles. The molecule has 0 aliphatic rings. The molecule has 0 aliphatic carbocycles. The molecule has 0 fully saturated rings. The van der Waals surface area contributed by atoms with E-state index in [0.717, 1.165) is 5.69 Å². The van der Waals surface area contributed by atoms with Crippen molar-refractivity contribution in [1.29, 1.82) is 0 Å². The van der Waals surface area contributed by atoms with E-state index in [0.29, 0.717) is 15.9 Å². The minimum atomic E-state index is 0.611. The van der Waals surface area contributed by atoms with Crippen LogP contribution in [0.5, 0.6) is 0 Å². The predicted molar refractivity (Wildman–Crippen MR) is 64.0 cm³/mol. The number of halogens is 2. The van der Waals surface area contributed by atoms with E-state index in [1.165, 1.54) is 0 Å². The first-order chi connectivity index (χ1) is 7.25. The van der Waals surface area contributed by atoms with Crippen molar-refractivity contribution in [1.82, 2.24) is 4.98 Å². The average molecular weight is 239 g/mol. The molecule has 0 spiro atoms. The lowest BCUT2D eigenvalue weighted by molar-refractivity contribution is 1.31. The minimum absolute atomic E-state index is 0.611. The molecule has 0 unspecified atom stereocenters. The smallest absolute Gasteiger partial charge is 0.130 e. The molecule has 15 heavy (non-hydrogen) atoms. The molecule has 2 aromatic rings. The zero-order valence-corrected chi connectivity index (χ0v) is 9.26. The SMILES string of the molecule is Clc1ccc(Nc2ccccc2Cl)nc1. The van der Waals surface area contributed by atoms with Gasteiger partial charge < -0.3 is 5.32 Å². The molecule has 0 saturated heterocycles. The standard InChI is InChI=1S/C11H8Cl2N2/c12-8-5-6-11(14-7-8)15-10-4-2-1-3-9(10)13/h1-7H,(H,14,15). The van der Waals surface area contributed by atoms with Crippen LogP contribution in [-0.4, -0.2) is 4.98 Å². The number of aromatic nitrogens is 1. The second-order valence-electron chi connectivity index (χ2n) is 2.97. The monoisotopic (exact) mass is 238 g/mol. The van der Waals surface area contributed by atoms with Crippen LogP contribution in [0.3, 0.4) is 0 Å². The molecule has 4 heteroatoms. The summed E-state index contributed by atoms with van der Waals surface area (Å²) in [5.74, 6) is 0.715. The van der Waals surface area contributed by atoms with Crippen molar-refractivity contribution in [2.75, 3.05) is 5.32 Å². The van der Waals surface area contributed by atoms with Crippen LogP contribution < -0.4 is 5.32 Å². The van der Waals surface area contributed by atoms with Crippen LogP contribution in [0.25, 0.3) is 0 Å². The highest BCUT2D eigenvalue weighted by atomic mass is 35.5. The summed E-state index contributed by atoms with van der Waals surface area (Å²) < 4.78 is 0. The number of hydrogen-bond donors (Lipinski definition) is 1. The van der Waals surface area contributed by atoms with E-state index in [4.69, 9.17) is 23.2 Å². The molecular formula is C11H8Cl2N2. The van der Waals surface area contributed by atoms with Crippen LogP contribution in [0.1, 0.15) is 0 Å². The summed E-state index contributed by atoms with van der Waals surface area (Å²) in [6.07, 6.45) is 1.58. The van der Waals surface area contributed by atoms with Gasteiger partial charge in [0, 0.05) is 6.20 Å². The van der Waals surface area contributed by atoms with E-state index in [2.05, 4.69) is 10.3 Å². The van der Waals surface area contributed by atoms with Gasteiger partial charge in [-0.1, -0.05) is 35.3 Å². The lowest BCUT2D eigenvalue weighted by Gasteiger charge is -2.06. The van der Waals surface area contributed by atoms with Gasteiger partial charge in [0.2, 0.25) is 0 Å². The van der Waals surface area contributed by atoms with Gasteiger partial charge in [0.05, 0.1) is 15.7 Å². The van der Waals surface area contributed by atoms with Gasteiger partial charge in [-0.05, 0) is 24.3 Å². The lowest BCUT2D eigenvalue weighted by atomic mass is 10.3. The fourth-order valence-electron chi connectivity index (χ4n) is 1.15. The molecule has 0 radical (unpaired) electrons. The Morgan fingerprint density at radius 2 is 1.80 bits per heavy atom. The summed E-state index contributed by atoms with van der Waals surface area (Å²) in [5, 5.41) is 4.37. The summed E-state index contributed by atoms with van der Waals surface area (Å²) in [4.78, 5) is 4.11. The van der Waals surface area contributed by atoms with Gasteiger partial charge in [0.15, 0.2) is 0 Å². The van der Waals surface area contributed by atoms with Crippen LogP contribution >= 0.6 is 23.2 Å². The van der Waals surface area contributed by atoms with Crippen molar-refractivity contribution >= 4 is 34.7 Å². The third-order valence-corrected chi connectivity index (χ3v) is 2.42. The Balaban J connectivity index is 2.22. The predicted octanol–water partition coefficient (Wildman–Crippen LogP) is 4.13. The van der Waals surface area contributed by atoms with E-state index in [1.54, 1.807) is 18.3 Å². The maximum atomic E-state index is 5.99. The van der Waals surface area contributed by atoms with E-state index in [1.807, 2.05) is 24.3 Å². The quantitative estimate of drug-likeness (QED) is 0.852. The molecule has 0 bridgehead atoms. The van der Waals surface area contributed by atoms with Crippen molar-refractivity contribution in [3.05, 3.63) is 52.6 Å². The molecule has 1 heterocycles. The van der Waals surface area contributed by atoms with Gasteiger partial charge >= 0.3 is 0 Å². The number of anilines is 2. The summed E-state index contributed by atoms with van der Waals surface area (Å²) in [6.45, 7) is 0. The molecule has 76 valence electrons. The van der Waals surface area contributed by atoms with Gasteiger partial charge in [-0.3, -0.25) is 0 Å². The Hall–Kier alpha value is -1.25. The van der Waals surface area contributed by atoms with Crippen molar-refractivity contribution in [2.24, 2.45) is 0 Å². The summed E-state index contributed by atoms with van der Waals surface area (Å²) in [6, 6.07) is 11.1. The summed E-state index contributed by atoms with van der Waals surface area (Å²) in [7, 11) is 0. The van der Waals surface area contributed by atoms with E-state index in [9.17, 15) is 0 Å². The van der Waals surface area contributed by atoms with Crippen LogP contribution in [0.4, 0.5) is 11.5 Å². The van der Waals surface area contributed by atoms with Crippen LogP contribution in [0, 0.1) is 0 Å². The summed E-state index contributed by atoms with van der Waals surface area (Å²) >= 11 is 11.7. The van der Waals surface area contributed by atoms with Crippen LogP contribution in [-0.2, 0) is 0 Å².